The van der Waals surface area contributed by atoms with E-state index in [-0.39, 0.29) is 6.67 Å². The summed E-state index contributed by atoms with van der Waals surface area (Å²) in [7, 11) is 0. The first-order valence-electron chi connectivity index (χ1n) is 4.62. The Morgan fingerprint density at radius 2 is 2.27 bits per heavy atom. The molecule has 1 rings (SSSR count). The van der Waals surface area contributed by atoms with Gasteiger partial charge in [0.2, 0.25) is 0 Å². The predicted octanol–water partition coefficient (Wildman–Crippen LogP) is 2.12. The van der Waals surface area contributed by atoms with Gasteiger partial charge in [-0.3, -0.25) is 0 Å². The molecule has 1 N–H and O–H groups in total. The molecule has 2 heteroatoms. The van der Waals surface area contributed by atoms with Gasteiger partial charge >= 0.3 is 0 Å². The van der Waals surface area contributed by atoms with Crippen molar-refractivity contribution in [3.8, 4) is 0 Å². The summed E-state index contributed by atoms with van der Waals surface area (Å²) in [6.07, 6.45) is 5.14. The second-order valence-corrected chi connectivity index (χ2v) is 3.61. The maximum atomic E-state index is 11.8. The lowest BCUT2D eigenvalue weighted by molar-refractivity contribution is 0.294. The molecule has 2 unspecified atom stereocenters. The zero-order chi connectivity index (χ0) is 8.10. The molecule has 1 saturated carbocycles. The van der Waals surface area contributed by atoms with Crippen molar-refractivity contribution in [1.29, 1.82) is 0 Å². The maximum absolute atomic E-state index is 11.8. The first kappa shape index (κ1) is 8.98. The zero-order valence-electron chi connectivity index (χ0n) is 7.28. The molecule has 0 aromatic heterocycles. The van der Waals surface area contributed by atoms with E-state index in [4.69, 9.17) is 0 Å². The van der Waals surface area contributed by atoms with Crippen molar-refractivity contribution in [2.75, 3.05) is 13.2 Å². The molecule has 0 radical (unpaired) electrons. The molecule has 2 atom stereocenters. The fourth-order valence-corrected chi connectivity index (χ4v) is 1.88. The van der Waals surface area contributed by atoms with Gasteiger partial charge in [-0.1, -0.05) is 19.8 Å². The van der Waals surface area contributed by atoms with Gasteiger partial charge in [-0.15, -0.1) is 0 Å². The lowest BCUT2D eigenvalue weighted by Crippen LogP contribution is -2.34. The van der Waals surface area contributed by atoms with Gasteiger partial charge in [-0.25, -0.2) is 4.39 Å². The average Bonchev–Trinajstić information content (AvgIpc) is 2.01. The van der Waals surface area contributed by atoms with E-state index >= 15 is 0 Å². The van der Waals surface area contributed by atoms with Crippen LogP contribution in [0.2, 0.25) is 0 Å². The SMILES string of the molecule is CC1CCCC(NCCF)C1. The lowest BCUT2D eigenvalue weighted by Gasteiger charge is -2.27. The van der Waals surface area contributed by atoms with Crippen LogP contribution in [-0.2, 0) is 0 Å². The zero-order valence-corrected chi connectivity index (χ0v) is 7.28. The summed E-state index contributed by atoms with van der Waals surface area (Å²) in [5.74, 6) is 0.834. The smallest absolute Gasteiger partial charge is 0.102 e. The summed E-state index contributed by atoms with van der Waals surface area (Å²) < 4.78 is 11.8. The van der Waals surface area contributed by atoms with Crippen molar-refractivity contribution in [1.82, 2.24) is 5.32 Å². The molecule has 0 bridgehead atoms. The van der Waals surface area contributed by atoms with Crippen LogP contribution >= 0.6 is 0 Å². The molecule has 1 nitrogen and oxygen atoms in total. The van der Waals surface area contributed by atoms with Gasteiger partial charge in [0, 0.05) is 12.6 Å². The summed E-state index contributed by atoms with van der Waals surface area (Å²) in [6.45, 7) is 2.59. The molecule has 0 aromatic carbocycles. The molecule has 0 saturated heterocycles. The Labute approximate surface area is 68.4 Å². The van der Waals surface area contributed by atoms with Gasteiger partial charge in [-0.2, -0.15) is 0 Å². The highest BCUT2D eigenvalue weighted by Gasteiger charge is 2.17. The van der Waals surface area contributed by atoms with E-state index in [2.05, 4.69) is 12.2 Å². The number of nitrogens with one attached hydrogen (secondary N) is 1. The van der Waals surface area contributed by atoms with Crippen LogP contribution in [0, 0.1) is 5.92 Å². The fraction of sp³-hybridized carbons (Fsp3) is 1.00. The van der Waals surface area contributed by atoms with Gasteiger partial charge in [0.15, 0.2) is 0 Å². The van der Waals surface area contributed by atoms with Crippen LogP contribution in [0.25, 0.3) is 0 Å². The van der Waals surface area contributed by atoms with Gasteiger partial charge in [0.1, 0.15) is 6.67 Å². The van der Waals surface area contributed by atoms with Crippen LogP contribution in [0.15, 0.2) is 0 Å². The lowest BCUT2D eigenvalue weighted by atomic mass is 9.87. The summed E-state index contributed by atoms with van der Waals surface area (Å²) in [5, 5.41) is 3.23. The minimum Gasteiger partial charge on any atom is -0.311 e. The Kier molecular flexibility index (Phi) is 3.84. The van der Waals surface area contributed by atoms with E-state index in [1.54, 1.807) is 0 Å². The third kappa shape index (κ3) is 3.19. The first-order valence-corrected chi connectivity index (χ1v) is 4.62. The molecule has 66 valence electrons. The number of rotatable bonds is 3. The Morgan fingerprint density at radius 1 is 1.45 bits per heavy atom. The monoisotopic (exact) mass is 159 g/mol. The molecule has 1 fully saturated rings. The van der Waals surface area contributed by atoms with Crippen molar-refractivity contribution in [2.24, 2.45) is 5.92 Å². The molecule has 0 aliphatic heterocycles. The number of halogens is 1. The number of hydrogen-bond donors (Lipinski definition) is 1. The maximum Gasteiger partial charge on any atom is 0.102 e. The van der Waals surface area contributed by atoms with Crippen LogP contribution in [0.4, 0.5) is 4.39 Å². The summed E-state index contributed by atoms with van der Waals surface area (Å²) in [5.41, 5.74) is 0. The van der Waals surface area contributed by atoms with Crippen molar-refractivity contribution in [3.05, 3.63) is 0 Å². The normalized spacial score (nSPS) is 32.2. The summed E-state index contributed by atoms with van der Waals surface area (Å²) >= 11 is 0. The van der Waals surface area contributed by atoms with E-state index in [1.165, 1.54) is 25.7 Å². The Bertz CT molecular complexity index is 106. The molecular weight excluding hydrogens is 141 g/mol. The van der Waals surface area contributed by atoms with Gasteiger partial charge in [0.05, 0.1) is 0 Å². The van der Waals surface area contributed by atoms with E-state index in [0.717, 1.165) is 5.92 Å². The second kappa shape index (κ2) is 4.70. The first-order chi connectivity index (χ1) is 5.33. The van der Waals surface area contributed by atoms with Crippen molar-refractivity contribution < 1.29 is 4.39 Å². The van der Waals surface area contributed by atoms with Crippen LogP contribution < -0.4 is 5.32 Å². The Balaban J connectivity index is 2.12. The Morgan fingerprint density at radius 3 is 2.91 bits per heavy atom. The number of alkyl halides is 1. The summed E-state index contributed by atoms with van der Waals surface area (Å²) in [4.78, 5) is 0. The van der Waals surface area contributed by atoms with Crippen molar-refractivity contribution in [3.63, 3.8) is 0 Å². The van der Waals surface area contributed by atoms with E-state index < -0.39 is 0 Å². The number of hydrogen-bond acceptors (Lipinski definition) is 1. The molecule has 0 aromatic rings. The molecule has 0 amide bonds. The van der Waals surface area contributed by atoms with Crippen LogP contribution in [0.1, 0.15) is 32.6 Å². The van der Waals surface area contributed by atoms with E-state index in [9.17, 15) is 4.39 Å². The van der Waals surface area contributed by atoms with Crippen molar-refractivity contribution in [2.45, 2.75) is 38.6 Å². The minimum atomic E-state index is -0.231. The third-order valence-electron chi connectivity index (χ3n) is 2.46. The molecule has 1 aliphatic rings. The highest BCUT2D eigenvalue weighted by atomic mass is 19.1. The largest absolute Gasteiger partial charge is 0.311 e. The molecule has 0 heterocycles. The van der Waals surface area contributed by atoms with E-state index in [0.29, 0.717) is 12.6 Å². The molecule has 1 aliphatic carbocycles. The standard InChI is InChI=1S/C9H18FN/c1-8-3-2-4-9(7-8)11-6-5-10/h8-9,11H,2-7H2,1H3. The van der Waals surface area contributed by atoms with Crippen molar-refractivity contribution >= 4 is 0 Å². The second-order valence-electron chi connectivity index (χ2n) is 3.61. The minimum absolute atomic E-state index is 0.231. The van der Waals surface area contributed by atoms with Gasteiger partial charge in [-0.05, 0) is 18.8 Å². The predicted molar refractivity (Wildman–Crippen MR) is 45.4 cm³/mol. The molecule has 0 spiro atoms. The highest BCUT2D eigenvalue weighted by molar-refractivity contribution is 4.75. The topological polar surface area (TPSA) is 12.0 Å². The molecular formula is C9H18FN. The Hall–Kier alpha value is -0.110. The molecule has 11 heavy (non-hydrogen) atoms. The average molecular weight is 159 g/mol. The fourth-order valence-electron chi connectivity index (χ4n) is 1.88. The quantitative estimate of drug-likeness (QED) is 0.665. The van der Waals surface area contributed by atoms with Gasteiger partial charge < -0.3 is 5.32 Å². The van der Waals surface area contributed by atoms with Crippen LogP contribution in [-0.4, -0.2) is 19.3 Å². The van der Waals surface area contributed by atoms with E-state index in [1.807, 2.05) is 0 Å². The van der Waals surface area contributed by atoms with Crippen LogP contribution in [0.5, 0.6) is 0 Å². The van der Waals surface area contributed by atoms with Crippen LogP contribution in [0.3, 0.4) is 0 Å². The van der Waals surface area contributed by atoms with Gasteiger partial charge in [0.25, 0.3) is 0 Å². The highest BCUT2D eigenvalue weighted by Crippen LogP contribution is 2.23. The summed E-state index contributed by atoms with van der Waals surface area (Å²) in [6, 6.07) is 0.592. The third-order valence-corrected chi connectivity index (χ3v) is 2.46.